The van der Waals surface area contributed by atoms with E-state index in [-0.39, 0.29) is 10.6 Å². The largest absolute Gasteiger partial charge is 0.117 e. The maximum absolute atomic E-state index is 2.49. The Kier molecular flexibility index (Phi) is 5.83. The van der Waals surface area contributed by atoms with E-state index in [0.29, 0.717) is 0 Å². The van der Waals surface area contributed by atoms with E-state index in [1.165, 1.54) is 21.5 Å². The van der Waals surface area contributed by atoms with E-state index >= 15 is 0 Å². The Morgan fingerprint density at radius 3 is 1.36 bits per heavy atom. The van der Waals surface area contributed by atoms with Crippen LogP contribution in [0.4, 0.5) is 0 Å². The molecule has 3 aromatic carbocycles. The summed E-state index contributed by atoms with van der Waals surface area (Å²) in [6.07, 6.45) is 1.16. The van der Waals surface area contributed by atoms with Gasteiger partial charge >= 0.3 is 0 Å². The molecular formula is C27H34P+. The van der Waals surface area contributed by atoms with Gasteiger partial charge in [0.2, 0.25) is 0 Å². The minimum absolute atomic E-state index is 0.114. The van der Waals surface area contributed by atoms with Crippen LogP contribution in [0.2, 0.25) is 0 Å². The number of rotatable bonds is 5. The van der Waals surface area contributed by atoms with Gasteiger partial charge in [-0.3, -0.25) is 0 Å². The SMILES string of the molecule is Cc1ccc([P+](c2ccccc2)(c2ccccc2)C(C)(C)CC(C)(C)C)cc1. The molecule has 0 spiro atoms. The average molecular weight is 390 g/mol. The second-order valence-electron chi connectivity index (χ2n) is 9.73. The second kappa shape index (κ2) is 7.84. The molecule has 0 aliphatic heterocycles. The van der Waals surface area contributed by atoms with E-state index in [1.807, 2.05) is 0 Å². The molecule has 0 N–H and O–H groups in total. The molecule has 28 heavy (non-hydrogen) atoms. The van der Waals surface area contributed by atoms with Crippen molar-refractivity contribution in [1.82, 2.24) is 0 Å². The summed E-state index contributed by atoms with van der Waals surface area (Å²) in [4.78, 5) is 0. The molecule has 0 amide bonds. The molecule has 3 aromatic rings. The van der Waals surface area contributed by atoms with Crippen LogP contribution in [0.1, 0.15) is 46.6 Å². The summed E-state index contributed by atoms with van der Waals surface area (Å²) < 4.78 is 0. The van der Waals surface area contributed by atoms with Crippen LogP contribution in [0.25, 0.3) is 0 Å². The van der Waals surface area contributed by atoms with Gasteiger partial charge in [-0.05, 0) is 69.0 Å². The van der Waals surface area contributed by atoms with Gasteiger partial charge in [0, 0.05) is 0 Å². The third-order valence-electron chi connectivity index (χ3n) is 5.58. The van der Waals surface area contributed by atoms with Gasteiger partial charge in [0.1, 0.15) is 23.2 Å². The molecule has 0 fully saturated rings. The van der Waals surface area contributed by atoms with Crippen molar-refractivity contribution in [2.45, 2.75) is 53.1 Å². The van der Waals surface area contributed by atoms with Gasteiger partial charge in [0.15, 0.2) is 0 Å². The van der Waals surface area contributed by atoms with Crippen LogP contribution in [0, 0.1) is 12.3 Å². The van der Waals surface area contributed by atoms with Crippen molar-refractivity contribution >= 4 is 23.2 Å². The highest BCUT2D eigenvalue weighted by atomic mass is 31.2. The van der Waals surface area contributed by atoms with Gasteiger partial charge in [0.25, 0.3) is 0 Å². The Hall–Kier alpha value is -1.91. The maximum atomic E-state index is 2.49. The molecule has 3 rings (SSSR count). The van der Waals surface area contributed by atoms with E-state index < -0.39 is 7.26 Å². The number of aryl methyl sites for hydroxylation is 1. The molecule has 1 heteroatoms. The number of benzene rings is 3. The smallest absolute Gasteiger partial charge is 0.0620 e. The second-order valence-corrected chi connectivity index (χ2v) is 13.8. The summed E-state index contributed by atoms with van der Waals surface area (Å²) in [5, 5.41) is 4.53. The topological polar surface area (TPSA) is 0 Å². The molecule has 0 unspecified atom stereocenters. The quantitative estimate of drug-likeness (QED) is 0.437. The van der Waals surface area contributed by atoms with Crippen molar-refractivity contribution in [3.8, 4) is 0 Å². The fourth-order valence-corrected chi connectivity index (χ4v) is 10.5. The Morgan fingerprint density at radius 1 is 0.571 bits per heavy atom. The summed E-state index contributed by atoms with van der Waals surface area (Å²) in [7, 11) is -1.87. The van der Waals surface area contributed by atoms with Crippen molar-refractivity contribution in [2.24, 2.45) is 5.41 Å². The van der Waals surface area contributed by atoms with Gasteiger partial charge < -0.3 is 0 Å². The molecule has 0 saturated carbocycles. The lowest BCUT2D eigenvalue weighted by Gasteiger charge is -2.43. The summed E-state index contributed by atoms with van der Waals surface area (Å²) in [5.41, 5.74) is 1.57. The van der Waals surface area contributed by atoms with E-state index in [1.54, 1.807) is 0 Å². The highest BCUT2D eigenvalue weighted by Gasteiger charge is 2.58. The average Bonchev–Trinajstić information content (AvgIpc) is 2.63. The van der Waals surface area contributed by atoms with Gasteiger partial charge in [-0.15, -0.1) is 0 Å². The summed E-state index contributed by atoms with van der Waals surface area (Å²) in [6, 6.07) is 31.8. The predicted molar refractivity (Wildman–Crippen MR) is 128 cm³/mol. The van der Waals surface area contributed by atoms with Gasteiger partial charge in [-0.2, -0.15) is 0 Å². The Labute approximate surface area is 172 Å². The van der Waals surface area contributed by atoms with Crippen molar-refractivity contribution < 1.29 is 0 Å². The molecule has 0 radical (unpaired) electrons. The van der Waals surface area contributed by atoms with Crippen molar-refractivity contribution in [1.29, 1.82) is 0 Å². The Balaban J connectivity index is 2.41. The summed E-state index contributed by atoms with van der Waals surface area (Å²) >= 11 is 0. The fraction of sp³-hybridized carbons (Fsp3) is 0.333. The van der Waals surface area contributed by atoms with Crippen LogP contribution < -0.4 is 15.9 Å². The Morgan fingerprint density at radius 2 is 0.964 bits per heavy atom. The summed E-state index contributed by atoms with van der Waals surface area (Å²) in [6.45, 7) is 14.3. The number of hydrogen-bond acceptors (Lipinski definition) is 0. The van der Waals surface area contributed by atoms with E-state index in [4.69, 9.17) is 0 Å². The molecule has 0 atom stereocenters. The van der Waals surface area contributed by atoms with Crippen molar-refractivity contribution in [3.63, 3.8) is 0 Å². The first kappa shape index (κ1) is 20.8. The molecule has 0 saturated heterocycles. The minimum atomic E-state index is -1.87. The minimum Gasteiger partial charge on any atom is -0.0620 e. The highest BCUT2D eigenvalue weighted by molar-refractivity contribution is 7.96. The first-order valence-electron chi connectivity index (χ1n) is 10.2. The first-order valence-corrected chi connectivity index (χ1v) is 12.0. The van der Waals surface area contributed by atoms with Crippen LogP contribution in [0.5, 0.6) is 0 Å². The molecule has 0 bridgehead atoms. The zero-order chi connectivity index (χ0) is 20.4. The molecule has 0 aliphatic rings. The number of hydrogen-bond donors (Lipinski definition) is 0. The first-order chi connectivity index (χ1) is 13.2. The van der Waals surface area contributed by atoms with Crippen molar-refractivity contribution in [3.05, 3.63) is 90.5 Å². The van der Waals surface area contributed by atoms with Gasteiger partial charge in [0.05, 0.1) is 5.16 Å². The maximum Gasteiger partial charge on any atom is 0.117 e. The van der Waals surface area contributed by atoms with Crippen LogP contribution >= 0.6 is 7.26 Å². The Bertz CT molecular complexity index is 845. The standard InChI is InChI=1S/C27H34P/c1-22-17-19-25(20-18-22)28(23-13-9-7-10-14-23,24-15-11-8-12-16-24)27(5,6)21-26(2,3)4/h7-20H,21H2,1-6H3/q+1. The third-order valence-corrected chi connectivity index (χ3v) is 10.8. The molecule has 0 aromatic heterocycles. The van der Waals surface area contributed by atoms with Crippen LogP contribution in [0.15, 0.2) is 84.9 Å². The zero-order valence-corrected chi connectivity index (χ0v) is 19.1. The van der Waals surface area contributed by atoms with Crippen LogP contribution in [-0.4, -0.2) is 5.16 Å². The molecule has 0 nitrogen and oxygen atoms in total. The van der Waals surface area contributed by atoms with Gasteiger partial charge in [-0.1, -0.05) is 74.9 Å². The monoisotopic (exact) mass is 389 g/mol. The lowest BCUT2D eigenvalue weighted by Crippen LogP contribution is -2.46. The lowest BCUT2D eigenvalue weighted by atomic mass is 9.86. The van der Waals surface area contributed by atoms with Crippen LogP contribution in [0.3, 0.4) is 0 Å². The molecule has 0 aliphatic carbocycles. The van der Waals surface area contributed by atoms with E-state index in [0.717, 1.165) is 6.42 Å². The van der Waals surface area contributed by atoms with E-state index in [9.17, 15) is 0 Å². The van der Waals surface area contributed by atoms with Crippen LogP contribution in [-0.2, 0) is 0 Å². The lowest BCUT2D eigenvalue weighted by molar-refractivity contribution is 0.336. The normalized spacial score (nSPS) is 12.8. The van der Waals surface area contributed by atoms with E-state index in [2.05, 4.69) is 126 Å². The molecule has 146 valence electrons. The molecular weight excluding hydrogens is 355 g/mol. The third kappa shape index (κ3) is 3.94. The summed E-state index contributed by atoms with van der Waals surface area (Å²) in [5.74, 6) is 0. The zero-order valence-electron chi connectivity index (χ0n) is 18.2. The fourth-order valence-electron chi connectivity index (χ4n) is 4.98. The van der Waals surface area contributed by atoms with Crippen molar-refractivity contribution in [2.75, 3.05) is 0 Å². The highest BCUT2D eigenvalue weighted by Crippen LogP contribution is 2.68. The molecule has 0 heterocycles. The van der Waals surface area contributed by atoms with Gasteiger partial charge in [-0.25, -0.2) is 0 Å². The predicted octanol–water partition coefficient (Wildman–Crippen LogP) is 6.50.